The number of halogens is 1. The Morgan fingerprint density at radius 3 is 2.91 bits per heavy atom. The van der Waals surface area contributed by atoms with Crippen LogP contribution in [0.15, 0.2) is 16.6 Å². The van der Waals surface area contributed by atoms with Gasteiger partial charge in [0.2, 0.25) is 0 Å². The standard InChI is InChI=1S/C16H27N3O3.HI/c1-12-10-19(11-14(12)15(20)21-3)16(17-2)18-7-4-13-5-8-22-9-6-13;/h5,12,14H,4,6-11H2,1-3H3,(H,17,18);1H. The van der Waals surface area contributed by atoms with Crippen LogP contribution in [0, 0.1) is 11.8 Å². The zero-order chi connectivity index (χ0) is 15.9. The van der Waals surface area contributed by atoms with Crippen molar-refractivity contribution in [2.45, 2.75) is 19.8 Å². The molecule has 132 valence electrons. The lowest BCUT2D eigenvalue weighted by molar-refractivity contribution is -0.145. The van der Waals surface area contributed by atoms with E-state index in [1.54, 1.807) is 7.05 Å². The average molecular weight is 437 g/mol. The summed E-state index contributed by atoms with van der Waals surface area (Å²) in [5.74, 6) is 0.953. The van der Waals surface area contributed by atoms with Gasteiger partial charge in [-0.1, -0.05) is 18.6 Å². The van der Waals surface area contributed by atoms with Crippen LogP contribution in [0.5, 0.6) is 0 Å². The SMILES string of the molecule is CN=C(NCCC1=CCOCC1)N1CC(C)C(C(=O)OC)C1.I. The van der Waals surface area contributed by atoms with Gasteiger partial charge in [0.1, 0.15) is 0 Å². The molecule has 1 N–H and O–H groups in total. The molecule has 0 saturated carbocycles. The molecule has 1 fully saturated rings. The van der Waals surface area contributed by atoms with Gasteiger partial charge in [-0.2, -0.15) is 0 Å². The number of carbonyl (C=O) groups excluding carboxylic acids is 1. The predicted molar refractivity (Wildman–Crippen MR) is 101 cm³/mol. The molecule has 0 aromatic heterocycles. The van der Waals surface area contributed by atoms with E-state index in [-0.39, 0.29) is 41.8 Å². The number of carbonyl (C=O) groups is 1. The van der Waals surface area contributed by atoms with Gasteiger partial charge in [-0.15, -0.1) is 24.0 Å². The summed E-state index contributed by atoms with van der Waals surface area (Å²) in [5, 5.41) is 3.40. The molecule has 0 radical (unpaired) electrons. The Kier molecular flexibility index (Phi) is 8.90. The highest BCUT2D eigenvalue weighted by molar-refractivity contribution is 14.0. The molecule has 0 spiro atoms. The van der Waals surface area contributed by atoms with Crippen LogP contribution in [-0.2, 0) is 14.3 Å². The molecular weight excluding hydrogens is 409 g/mol. The lowest BCUT2D eigenvalue weighted by Crippen LogP contribution is -2.41. The first-order valence-corrected chi connectivity index (χ1v) is 7.94. The topological polar surface area (TPSA) is 63.2 Å². The second-order valence-electron chi connectivity index (χ2n) is 5.92. The third-order valence-electron chi connectivity index (χ3n) is 4.41. The lowest BCUT2D eigenvalue weighted by Gasteiger charge is -2.22. The van der Waals surface area contributed by atoms with E-state index in [1.807, 2.05) is 0 Å². The average Bonchev–Trinajstić information content (AvgIpc) is 2.93. The molecule has 2 heterocycles. The second kappa shape index (κ2) is 10.1. The van der Waals surface area contributed by atoms with Crippen molar-refractivity contribution in [3.63, 3.8) is 0 Å². The summed E-state index contributed by atoms with van der Waals surface area (Å²) in [7, 11) is 3.23. The van der Waals surface area contributed by atoms with Gasteiger partial charge in [-0.05, 0) is 18.8 Å². The highest BCUT2D eigenvalue weighted by Gasteiger charge is 2.36. The third kappa shape index (κ3) is 5.63. The number of rotatable bonds is 4. The summed E-state index contributed by atoms with van der Waals surface area (Å²) in [6.07, 6.45) is 4.19. The van der Waals surface area contributed by atoms with Gasteiger partial charge < -0.3 is 19.7 Å². The van der Waals surface area contributed by atoms with Gasteiger partial charge in [0.25, 0.3) is 0 Å². The summed E-state index contributed by atoms with van der Waals surface area (Å²) in [6, 6.07) is 0. The number of esters is 1. The van der Waals surface area contributed by atoms with Crippen LogP contribution in [0.2, 0.25) is 0 Å². The number of nitrogens with zero attached hydrogens (tertiary/aromatic N) is 2. The largest absolute Gasteiger partial charge is 0.469 e. The highest BCUT2D eigenvalue weighted by atomic mass is 127. The number of likely N-dealkylation sites (tertiary alicyclic amines) is 1. The van der Waals surface area contributed by atoms with Crippen LogP contribution < -0.4 is 5.32 Å². The van der Waals surface area contributed by atoms with Crippen LogP contribution in [0.1, 0.15) is 19.8 Å². The van der Waals surface area contributed by atoms with Crippen LogP contribution in [0.3, 0.4) is 0 Å². The maximum absolute atomic E-state index is 11.8. The summed E-state index contributed by atoms with van der Waals surface area (Å²) in [6.45, 7) is 5.99. The molecule has 2 aliphatic heterocycles. The summed E-state index contributed by atoms with van der Waals surface area (Å²) >= 11 is 0. The number of hydrogen-bond acceptors (Lipinski definition) is 4. The Labute approximate surface area is 155 Å². The fraction of sp³-hybridized carbons (Fsp3) is 0.750. The molecule has 2 atom stereocenters. The predicted octanol–water partition coefficient (Wildman–Crippen LogP) is 1.66. The Bertz CT molecular complexity index is 454. The number of nitrogens with one attached hydrogen (secondary N) is 1. The fourth-order valence-electron chi connectivity index (χ4n) is 3.06. The van der Waals surface area contributed by atoms with Crippen molar-refractivity contribution < 1.29 is 14.3 Å². The van der Waals surface area contributed by atoms with E-state index in [0.29, 0.717) is 6.54 Å². The minimum absolute atomic E-state index is 0. The van der Waals surface area contributed by atoms with Gasteiger partial charge >= 0.3 is 5.97 Å². The van der Waals surface area contributed by atoms with E-state index in [0.717, 1.165) is 45.1 Å². The first kappa shape index (κ1) is 20.2. The number of hydrogen-bond donors (Lipinski definition) is 1. The number of aliphatic imine (C=N–C) groups is 1. The Morgan fingerprint density at radius 1 is 1.52 bits per heavy atom. The van der Waals surface area contributed by atoms with Crippen molar-refractivity contribution in [2.75, 3.05) is 47.0 Å². The van der Waals surface area contributed by atoms with Crippen molar-refractivity contribution in [3.05, 3.63) is 11.6 Å². The molecule has 0 bridgehead atoms. The van der Waals surface area contributed by atoms with Gasteiger partial charge in [0.15, 0.2) is 5.96 Å². The molecule has 0 aromatic carbocycles. The third-order valence-corrected chi connectivity index (χ3v) is 4.41. The van der Waals surface area contributed by atoms with Crippen molar-refractivity contribution in [1.29, 1.82) is 0 Å². The van der Waals surface area contributed by atoms with E-state index in [4.69, 9.17) is 9.47 Å². The molecule has 23 heavy (non-hydrogen) atoms. The first-order chi connectivity index (χ1) is 10.7. The van der Waals surface area contributed by atoms with Gasteiger partial charge in [0.05, 0.1) is 26.2 Å². The van der Waals surface area contributed by atoms with Gasteiger partial charge in [0, 0.05) is 26.7 Å². The Morgan fingerprint density at radius 2 is 2.30 bits per heavy atom. The zero-order valence-corrected chi connectivity index (χ0v) is 16.5. The Hall–Kier alpha value is -0.830. The maximum Gasteiger partial charge on any atom is 0.310 e. The van der Waals surface area contributed by atoms with Crippen LogP contribution in [0.25, 0.3) is 0 Å². The maximum atomic E-state index is 11.8. The molecule has 0 aromatic rings. The first-order valence-electron chi connectivity index (χ1n) is 7.94. The normalized spacial score (nSPS) is 24.7. The van der Waals surface area contributed by atoms with Crippen molar-refractivity contribution in [3.8, 4) is 0 Å². The van der Waals surface area contributed by atoms with Crippen molar-refractivity contribution >= 4 is 35.9 Å². The van der Waals surface area contributed by atoms with Gasteiger partial charge in [-0.25, -0.2) is 0 Å². The number of ether oxygens (including phenoxy) is 2. The fourth-order valence-corrected chi connectivity index (χ4v) is 3.06. The summed E-state index contributed by atoms with van der Waals surface area (Å²) in [4.78, 5) is 18.3. The number of methoxy groups -OCH3 is 1. The zero-order valence-electron chi connectivity index (χ0n) is 14.2. The van der Waals surface area contributed by atoms with Crippen molar-refractivity contribution in [2.24, 2.45) is 16.8 Å². The van der Waals surface area contributed by atoms with E-state index >= 15 is 0 Å². The number of guanidine groups is 1. The van der Waals surface area contributed by atoms with Gasteiger partial charge in [-0.3, -0.25) is 9.79 Å². The van der Waals surface area contributed by atoms with E-state index < -0.39 is 0 Å². The van der Waals surface area contributed by atoms with E-state index in [9.17, 15) is 4.79 Å². The minimum atomic E-state index is -0.127. The quantitative estimate of drug-likeness (QED) is 0.238. The molecule has 2 unspecified atom stereocenters. The lowest BCUT2D eigenvalue weighted by atomic mass is 9.99. The Balaban J connectivity index is 0.00000264. The summed E-state index contributed by atoms with van der Waals surface area (Å²) in [5.41, 5.74) is 1.44. The molecule has 1 saturated heterocycles. The van der Waals surface area contributed by atoms with Crippen LogP contribution in [-0.4, -0.2) is 63.8 Å². The summed E-state index contributed by atoms with van der Waals surface area (Å²) < 4.78 is 10.2. The second-order valence-corrected chi connectivity index (χ2v) is 5.92. The van der Waals surface area contributed by atoms with Crippen LogP contribution in [0.4, 0.5) is 0 Å². The monoisotopic (exact) mass is 437 g/mol. The van der Waals surface area contributed by atoms with Crippen LogP contribution >= 0.6 is 24.0 Å². The molecule has 6 nitrogen and oxygen atoms in total. The molecule has 0 aliphatic carbocycles. The van der Waals surface area contributed by atoms with E-state index in [2.05, 4.69) is 28.2 Å². The minimum Gasteiger partial charge on any atom is -0.469 e. The molecule has 2 aliphatic rings. The smallest absolute Gasteiger partial charge is 0.310 e. The molecule has 0 amide bonds. The van der Waals surface area contributed by atoms with E-state index in [1.165, 1.54) is 12.7 Å². The molecular formula is C16H28IN3O3. The molecule has 7 heteroatoms. The highest BCUT2D eigenvalue weighted by Crippen LogP contribution is 2.24. The molecule has 2 rings (SSSR count). The van der Waals surface area contributed by atoms with Crippen molar-refractivity contribution in [1.82, 2.24) is 10.2 Å².